The number of hydrogen-bond acceptors (Lipinski definition) is 7. The van der Waals surface area contributed by atoms with Crippen molar-refractivity contribution in [2.45, 2.75) is 25.6 Å². The maximum Gasteiger partial charge on any atom is 0.573 e. The molecule has 2 fully saturated rings. The first-order chi connectivity index (χ1) is 21.6. The predicted molar refractivity (Wildman–Crippen MR) is 162 cm³/mol. The Morgan fingerprint density at radius 1 is 0.978 bits per heavy atom. The van der Waals surface area contributed by atoms with E-state index in [1.807, 2.05) is 24.3 Å². The van der Waals surface area contributed by atoms with Crippen LogP contribution in [-0.4, -0.2) is 57.1 Å². The van der Waals surface area contributed by atoms with Gasteiger partial charge in [0.2, 0.25) is 5.91 Å². The maximum absolute atomic E-state index is 15.1. The summed E-state index contributed by atoms with van der Waals surface area (Å²) >= 11 is 1.13. The van der Waals surface area contributed by atoms with Gasteiger partial charge in [-0.3, -0.25) is 9.69 Å². The van der Waals surface area contributed by atoms with Crippen molar-refractivity contribution in [3.8, 4) is 22.8 Å². The highest BCUT2D eigenvalue weighted by Crippen LogP contribution is 2.36. The van der Waals surface area contributed by atoms with E-state index in [4.69, 9.17) is 0 Å². The lowest BCUT2D eigenvalue weighted by Crippen LogP contribution is -2.35. The van der Waals surface area contributed by atoms with Crippen LogP contribution < -0.4 is 19.9 Å². The minimum atomic E-state index is -4.81. The molecule has 6 rings (SSSR count). The molecular weight excluding hydrogens is 614 g/mol. The number of anilines is 3. The van der Waals surface area contributed by atoms with Gasteiger partial charge < -0.3 is 15.0 Å². The van der Waals surface area contributed by atoms with E-state index in [-0.39, 0.29) is 34.1 Å². The van der Waals surface area contributed by atoms with Crippen molar-refractivity contribution < 1.29 is 31.9 Å². The van der Waals surface area contributed by atoms with Gasteiger partial charge >= 0.3 is 12.4 Å². The summed E-state index contributed by atoms with van der Waals surface area (Å²) < 4.78 is 57.5. The van der Waals surface area contributed by atoms with E-state index in [2.05, 4.69) is 30.0 Å². The SMILES string of the molecule is O=C(/N=C1\SCC(=O)N1c1ccccc1N1CCCCC1)Nc1ccc(-c2ncn(-c3ccc(OC(F)(F)F)cc3)n2)cc1F. The van der Waals surface area contributed by atoms with E-state index in [0.717, 1.165) is 68.0 Å². The summed E-state index contributed by atoms with van der Waals surface area (Å²) in [6, 6.07) is 15.6. The van der Waals surface area contributed by atoms with Crippen LogP contribution in [-0.2, 0) is 4.79 Å². The third kappa shape index (κ3) is 6.93. The Hall–Kier alpha value is -4.92. The van der Waals surface area contributed by atoms with Gasteiger partial charge in [-0.1, -0.05) is 23.9 Å². The Kier molecular flexibility index (Phi) is 8.43. The number of piperidine rings is 1. The number of carbonyl (C=O) groups excluding carboxylic acids is 2. The Morgan fingerprint density at radius 2 is 1.71 bits per heavy atom. The van der Waals surface area contributed by atoms with Crippen LogP contribution in [0.3, 0.4) is 0 Å². The Morgan fingerprint density at radius 3 is 2.42 bits per heavy atom. The third-order valence-electron chi connectivity index (χ3n) is 7.08. The number of urea groups is 1. The molecule has 1 N–H and O–H groups in total. The van der Waals surface area contributed by atoms with Crippen LogP contribution in [0.15, 0.2) is 78.0 Å². The van der Waals surface area contributed by atoms with E-state index in [9.17, 15) is 22.8 Å². The zero-order valence-electron chi connectivity index (χ0n) is 23.5. The number of para-hydroxylation sites is 2. The predicted octanol–water partition coefficient (Wildman–Crippen LogP) is 6.63. The summed E-state index contributed by atoms with van der Waals surface area (Å²) in [6.45, 7) is 1.75. The number of ether oxygens (including phenoxy) is 1. The molecule has 4 aromatic rings. The molecule has 10 nitrogen and oxygen atoms in total. The highest BCUT2D eigenvalue weighted by molar-refractivity contribution is 8.15. The van der Waals surface area contributed by atoms with Crippen LogP contribution >= 0.6 is 11.8 Å². The van der Waals surface area contributed by atoms with Crippen molar-refractivity contribution in [1.29, 1.82) is 0 Å². The lowest BCUT2D eigenvalue weighted by molar-refractivity contribution is -0.274. The number of halogens is 4. The van der Waals surface area contributed by atoms with Gasteiger partial charge in [-0.25, -0.2) is 18.9 Å². The molecule has 2 aliphatic rings. The van der Waals surface area contributed by atoms with Gasteiger partial charge in [0.1, 0.15) is 17.9 Å². The Bertz CT molecular complexity index is 1750. The second kappa shape index (κ2) is 12.6. The van der Waals surface area contributed by atoms with E-state index in [1.54, 1.807) is 0 Å². The molecule has 0 radical (unpaired) electrons. The summed E-state index contributed by atoms with van der Waals surface area (Å²) in [5, 5.41) is 6.90. The van der Waals surface area contributed by atoms with Gasteiger partial charge in [0.15, 0.2) is 11.0 Å². The highest BCUT2D eigenvalue weighted by Gasteiger charge is 2.33. The molecule has 2 aliphatic heterocycles. The van der Waals surface area contributed by atoms with Crippen molar-refractivity contribution in [3.05, 3.63) is 78.9 Å². The van der Waals surface area contributed by atoms with Crippen LogP contribution in [0.1, 0.15) is 19.3 Å². The number of amidine groups is 1. The first-order valence-corrected chi connectivity index (χ1v) is 14.9. The fourth-order valence-electron chi connectivity index (χ4n) is 5.04. The summed E-state index contributed by atoms with van der Waals surface area (Å²) in [5.74, 6) is -1.09. The highest BCUT2D eigenvalue weighted by atomic mass is 32.2. The van der Waals surface area contributed by atoms with Crippen molar-refractivity contribution in [3.63, 3.8) is 0 Å². The molecular formula is C30H25F4N7O3S. The van der Waals surface area contributed by atoms with Crippen LogP contribution in [0.2, 0.25) is 0 Å². The average molecular weight is 640 g/mol. The van der Waals surface area contributed by atoms with Crippen molar-refractivity contribution in [2.24, 2.45) is 4.99 Å². The van der Waals surface area contributed by atoms with E-state index < -0.39 is 18.2 Å². The van der Waals surface area contributed by atoms with Crippen LogP contribution in [0.5, 0.6) is 5.75 Å². The minimum absolute atomic E-state index is 0.120. The number of hydrogen-bond donors (Lipinski definition) is 1. The normalized spacial score (nSPS) is 16.4. The van der Waals surface area contributed by atoms with E-state index in [1.165, 1.54) is 40.2 Å². The maximum atomic E-state index is 15.1. The van der Waals surface area contributed by atoms with Crippen LogP contribution in [0, 0.1) is 5.82 Å². The second-order valence-electron chi connectivity index (χ2n) is 10.1. The number of nitrogens with one attached hydrogen (secondary N) is 1. The quantitative estimate of drug-likeness (QED) is 0.236. The number of benzene rings is 3. The number of carbonyl (C=O) groups is 2. The van der Waals surface area contributed by atoms with Gasteiger partial charge in [-0.2, -0.15) is 4.99 Å². The summed E-state index contributed by atoms with van der Waals surface area (Å²) in [6.07, 6.45) is -0.211. The Balaban J connectivity index is 1.16. The lowest BCUT2D eigenvalue weighted by atomic mass is 10.1. The van der Waals surface area contributed by atoms with Gasteiger partial charge in [0, 0.05) is 18.7 Å². The molecule has 3 aromatic carbocycles. The van der Waals surface area contributed by atoms with E-state index >= 15 is 4.39 Å². The molecule has 3 heterocycles. The molecule has 3 amide bonds. The van der Waals surface area contributed by atoms with Crippen molar-refractivity contribution in [1.82, 2.24) is 14.8 Å². The number of rotatable bonds is 6. The minimum Gasteiger partial charge on any atom is -0.406 e. The molecule has 0 spiro atoms. The third-order valence-corrected chi connectivity index (χ3v) is 8.00. The molecule has 0 bridgehead atoms. The number of amides is 3. The number of thioether (sulfide) groups is 1. The summed E-state index contributed by atoms with van der Waals surface area (Å²) in [5.41, 5.74) is 2.11. The first-order valence-electron chi connectivity index (χ1n) is 13.9. The molecule has 45 heavy (non-hydrogen) atoms. The fourth-order valence-corrected chi connectivity index (χ4v) is 5.90. The number of nitrogens with zero attached hydrogens (tertiary/aromatic N) is 6. The largest absolute Gasteiger partial charge is 0.573 e. The summed E-state index contributed by atoms with van der Waals surface area (Å²) in [7, 11) is 0. The lowest BCUT2D eigenvalue weighted by Gasteiger charge is -2.32. The van der Waals surface area contributed by atoms with Crippen LogP contribution in [0.25, 0.3) is 17.1 Å². The average Bonchev–Trinajstić information content (AvgIpc) is 3.65. The number of aliphatic imine (C=N–C) groups is 1. The molecule has 2 saturated heterocycles. The smallest absolute Gasteiger partial charge is 0.406 e. The zero-order valence-corrected chi connectivity index (χ0v) is 24.3. The van der Waals surface area contributed by atoms with Crippen molar-refractivity contribution >= 4 is 45.9 Å². The van der Waals surface area contributed by atoms with Gasteiger partial charge in [-0.05, 0) is 73.9 Å². The van der Waals surface area contributed by atoms with Gasteiger partial charge in [-0.15, -0.1) is 18.3 Å². The molecule has 232 valence electrons. The molecule has 15 heteroatoms. The molecule has 1 aromatic heterocycles. The second-order valence-corrected chi connectivity index (χ2v) is 11.1. The monoisotopic (exact) mass is 639 g/mol. The fraction of sp³-hybridized carbons (Fsp3) is 0.233. The topological polar surface area (TPSA) is 105 Å². The standard InChI is InChI=1S/C30H25F4N7O3S/c31-22-16-19(27-35-18-40(38-27)20-9-11-21(12-10-20)44-30(32,33)34)8-13-23(22)36-28(43)37-29-41(26(42)17-45-29)25-7-3-2-6-24(25)39-14-4-1-5-15-39/h2-3,6-13,16,18H,1,4-5,14-15,17H2,(H,36,43)/b37-29-. The number of alkyl halides is 3. The zero-order chi connectivity index (χ0) is 31.6. The molecule has 0 atom stereocenters. The number of aromatic nitrogens is 3. The molecule has 0 aliphatic carbocycles. The Labute approximate surface area is 258 Å². The molecule has 0 saturated carbocycles. The van der Waals surface area contributed by atoms with Crippen LogP contribution in [0.4, 0.5) is 39.4 Å². The molecule has 0 unspecified atom stereocenters. The van der Waals surface area contributed by atoms with E-state index in [0.29, 0.717) is 16.9 Å². The van der Waals surface area contributed by atoms with Crippen molar-refractivity contribution in [2.75, 3.05) is 34.0 Å². The van der Waals surface area contributed by atoms with Gasteiger partial charge in [0.25, 0.3) is 0 Å². The first kappa shape index (κ1) is 30.1. The summed E-state index contributed by atoms with van der Waals surface area (Å²) in [4.78, 5) is 37.7. The van der Waals surface area contributed by atoms with Gasteiger partial charge in [0.05, 0.1) is 28.5 Å².